The number of hydrogen-bond donors (Lipinski definition) is 1. The Morgan fingerprint density at radius 1 is 1.38 bits per heavy atom. The fourth-order valence-electron chi connectivity index (χ4n) is 2.57. The van der Waals surface area contributed by atoms with Crippen LogP contribution in [0, 0.1) is 0 Å². The highest BCUT2D eigenvalue weighted by atomic mass is 79.9. The molecular formula is C16H24BrN3O. The molecule has 4 nitrogen and oxygen atoms in total. The fourth-order valence-corrected chi connectivity index (χ4v) is 3.02. The molecule has 1 fully saturated rings. The number of piperazine rings is 1. The highest BCUT2D eigenvalue weighted by Gasteiger charge is 2.16. The predicted molar refractivity (Wildman–Crippen MR) is 89.2 cm³/mol. The molecule has 0 aromatic heterocycles. The van der Waals surface area contributed by atoms with Gasteiger partial charge in [-0.2, -0.15) is 0 Å². The number of nitrogens with one attached hydrogen (secondary N) is 1. The summed E-state index contributed by atoms with van der Waals surface area (Å²) < 4.78 is 1.10. The Hall–Kier alpha value is -0.910. The normalized spacial score (nSPS) is 15.5. The van der Waals surface area contributed by atoms with E-state index in [-0.39, 0.29) is 5.91 Å². The topological polar surface area (TPSA) is 35.6 Å². The van der Waals surface area contributed by atoms with Crippen molar-refractivity contribution in [3.8, 4) is 0 Å². The molecule has 116 valence electrons. The summed E-state index contributed by atoms with van der Waals surface area (Å²) in [4.78, 5) is 16.5. The Kier molecular flexibility index (Phi) is 6.67. The number of nitrogens with zero attached hydrogens (tertiary/aromatic N) is 2. The van der Waals surface area contributed by atoms with E-state index in [0.717, 1.165) is 50.3 Å². The van der Waals surface area contributed by atoms with Gasteiger partial charge in [0.05, 0.1) is 0 Å². The van der Waals surface area contributed by atoms with Crippen LogP contribution in [0.3, 0.4) is 0 Å². The molecule has 5 heteroatoms. The zero-order valence-electron chi connectivity index (χ0n) is 12.6. The molecular weight excluding hydrogens is 330 g/mol. The van der Waals surface area contributed by atoms with E-state index in [0.29, 0.717) is 6.42 Å². The molecule has 0 unspecified atom stereocenters. The van der Waals surface area contributed by atoms with Crippen LogP contribution in [-0.2, 0) is 11.3 Å². The lowest BCUT2D eigenvalue weighted by Gasteiger charge is -2.28. The van der Waals surface area contributed by atoms with Crippen molar-refractivity contribution in [2.24, 2.45) is 0 Å². The van der Waals surface area contributed by atoms with Gasteiger partial charge in [0, 0.05) is 50.2 Å². The van der Waals surface area contributed by atoms with Crippen LogP contribution in [0.4, 0.5) is 0 Å². The van der Waals surface area contributed by atoms with Crippen molar-refractivity contribution < 1.29 is 4.79 Å². The zero-order chi connectivity index (χ0) is 15.1. The molecule has 0 bridgehead atoms. The second kappa shape index (κ2) is 8.51. The summed E-state index contributed by atoms with van der Waals surface area (Å²) in [6.45, 7) is 8.35. The van der Waals surface area contributed by atoms with Crippen LogP contribution in [0.5, 0.6) is 0 Å². The quantitative estimate of drug-likeness (QED) is 0.850. The molecule has 1 aromatic rings. The lowest BCUT2D eigenvalue weighted by Crippen LogP contribution is -2.47. The third-order valence-corrected chi connectivity index (χ3v) is 4.35. The second-order valence-corrected chi connectivity index (χ2v) is 6.30. The summed E-state index contributed by atoms with van der Waals surface area (Å²) in [5, 5.41) is 3.27. The minimum absolute atomic E-state index is 0.282. The van der Waals surface area contributed by atoms with E-state index >= 15 is 0 Å². The summed E-state index contributed by atoms with van der Waals surface area (Å²) in [6.07, 6.45) is 0.613. The first-order chi connectivity index (χ1) is 10.2. The SMILES string of the molecule is CCN(CCC(=O)N1CCNCC1)Cc1cccc(Br)c1. The van der Waals surface area contributed by atoms with Crippen molar-refractivity contribution in [2.45, 2.75) is 19.9 Å². The third-order valence-electron chi connectivity index (χ3n) is 3.85. The van der Waals surface area contributed by atoms with Gasteiger partial charge in [-0.25, -0.2) is 0 Å². The molecule has 2 rings (SSSR count). The average molecular weight is 354 g/mol. The van der Waals surface area contributed by atoms with E-state index in [1.165, 1.54) is 5.56 Å². The molecule has 0 spiro atoms. The molecule has 0 aliphatic carbocycles. The number of rotatable bonds is 6. The molecule has 1 saturated heterocycles. The maximum absolute atomic E-state index is 12.2. The van der Waals surface area contributed by atoms with Crippen LogP contribution in [0.1, 0.15) is 18.9 Å². The van der Waals surface area contributed by atoms with Gasteiger partial charge in [-0.05, 0) is 24.2 Å². The Bertz CT molecular complexity index is 461. The van der Waals surface area contributed by atoms with Gasteiger partial charge in [-0.3, -0.25) is 9.69 Å². The Balaban J connectivity index is 1.80. The number of carbonyl (C=O) groups is 1. The standard InChI is InChI=1S/C16H24BrN3O/c1-2-19(13-14-4-3-5-15(17)12-14)9-6-16(21)20-10-7-18-8-11-20/h3-5,12,18H,2,6-11,13H2,1H3. The molecule has 21 heavy (non-hydrogen) atoms. The zero-order valence-corrected chi connectivity index (χ0v) is 14.2. The molecule has 1 aliphatic rings. The van der Waals surface area contributed by atoms with Crippen molar-refractivity contribution >= 4 is 21.8 Å². The van der Waals surface area contributed by atoms with Crippen LogP contribution in [0.2, 0.25) is 0 Å². The van der Waals surface area contributed by atoms with Gasteiger partial charge in [-0.1, -0.05) is 35.0 Å². The van der Waals surface area contributed by atoms with Gasteiger partial charge in [0.2, 0.25) is 5.91 Å². The van der Waals surface area contributed by atoms with Gasteiger partial charge in [0.15, 0.2) is 0 Å². The third kappa shape index (κ3) is 5.41. The van der Waals surface area contributed by atoms with E-state index in [2.05, 4.69) is 51.3 Å². The first-order valence-electron chi connectivity index (χ1n) is 7.64. The summed E-state index contributed by atoms with van der Waals surface area (Å²) in [7, 11) is 0. The maximum atomic E-state index is 12.2. The second-order valence-electron chi connectivity index (χ2n) is 5.38. The largest absolute Gasteiger partial charge is 0.340 e. The maximum Gasteiger partial charge on any atom is 0.223 e. The lowest BCUT2D eigenvalue weighted by molar-refractivity contribution is -0.132. The number of halogens is 1. The van der Waals surface area contributed by atoms with Gasteiger partial charge < -0.3 is 10.2 Å². The Morgan fingerprint density at radius 2 is 2.14 bits per heavy atom. The van der Waals surface area contributed by atoms with Crippen LogP contribution in [-0.4, -0.2) is 55.0 Å². The number of hydrogen-bond acceptors (Lipinski definition) is 3. The van der Waals surface area contributed by atoms with Crippen molar-refractivity contribution in [1.82, 2.24) is 15.1 Å². The summed E-state index contributed by atoms with van der Waals surface area (Å²) in [5.41, 5.74) is 1.28. The van der Waals surface area contributed by atoms with Crippen LogP contribution in [0.15, 0.2) is 28.7 Å². The minimum Gasteiger partial charge on any atom is -0.340 e. The van der Waals surface area contributed by atoms with E-state index in [9.17, 15) is 4.79 Å². The first-order valence-corrected chi connectivity index (χ1v) is 8.43. The summed E-state index contributed by atoms with van der Waals surface area (Å²) in [5.74, 6) is 0.282. The lowest BCUT2D eigenvalue weighted by atomic mass is 10.2. The number of benzene rings is 1. The molecule has 1 heterocycles. The van der Waals surface area contributed by atoms with Crippen LogP contribution < -0.4 is 5.32 Å². The molecule has 1 amide bonds. The smallest absolute Gasteiger partial charge is 0.223 e. The molecule has 1 aliphatic heterocycles. The highest BCUT2D eigenvalue weighted by Crippen LogP contribution is 2.13. The molecule has 0 saturated carbocycles. The van der Waals surface area contributed by atoms with Gasteiger partial charge in [0.1, 0.15) is 0 Å². The Labute approximate surface area is 135 Å². The van der Waals surface area contributed by atoms with Gasteiger partial charge >= 0.3 is 0 Å². The number of amides is 1. The number of carbonyl (C=O) groups excluding carboxylic acids is 1. The molecule has 0 atom stereocenters. The molecule has 1 N–H and O–H groups in total. The van der Waals surface area contributed by atoms with E-state index in [1.54, 1.807) is 0 Å². The van der Waals surface area contributed by atoms with Crippen LogP contribution in [0.25, 0.3) is 0 Å². The highest BCUT2D eigenvalue weighted by molar-refractivity contribution is 9.10. The van der Waals surface area contributed by atoms with E-state index < -0.39 is 0 Å². The molecule has 0 radical (unpaired) electrons. The summed E-state index contributed by atoms with van der Waals surface area (Å²) in [6, 6.07) is 8.36. The van der Waals surface area contributed by atoms with Gasteiger partial charge in [-0.15, -0.1) is 0 Å². The van der Waals surface area contributed by atoms with Crippen molar-refractivity contribution in [1.29, 1.82) is 0 Å². The van der Waals surface area contributed by atoms with Crippen molar-refractivity contribution in [2.75, 3.05) is 39.3 Å². The predicted octanol–water partition coefficient (Wildman–Crippen LogP) is 2.09. The van der Waals surface area contributed by atoms with Gasteiger partial charge in [0.25, 0.3) is 0 Å². The molecule has 1 aromatic carbocycles. The van der Waals surface area contributed by atoms with E-state index in [4.69, 9.17) is 0 Å². The summed E-state index contributed by atoms with van der Waals surface area (Å²) >= 11 is 3.50. The average Bonchev–Trinajstić information content (AvgIpc) is 2.52. The first kappa shape index (κ1) is 16.5. The fraction of sp³-hybridized carbons (Fsp3) is 0.562. The monoisotopic (exact) mass is 353 g/mol. The Morgan fingerprint density at radius 3 is 2.81 bits per heavy atom. The minimum atomic E-state index is 0.282. The van der Waals surface area contributed by atoms with E-state index in [1.807, 2.05) is 11.0 Å². The van der Waals surface area contributed by atoms with Crippen molar-refractivity contribution in [3.05, 3.63) is 34.3 Å². The van der Waals surface area contributed by atoms with Crippen LogP contribution >= 0.6 is 15.9 Å². The van der Waals surface area contributed by atoms with Crippen molar-refractivity contribution in [3.63, 3.8) is 0 Å².